The normalized spacial score (nSPS) is 14.3. The number of aryl methyl sites for hydroxylation is 2. The van der Waals surface area contributed by atoms with Crippen molar-refractivity contribution in [1.82, 2.24) is 9.80 Å². The van der Waals surface area contributed by atoms with Crippen molar-refractivity contribution in [3.05, 3.63) is 101 Å². The molecule has 0 unspecified atom stereocenters. The molecule has 1 aliphatic heterocycles. The third-order valence-electron chi connectivity index (χ3n) is 6.31. The molecule has 0 aromatic heterocycles. The molecule has 4 rings (SSSR count). The van der Waals surface area contributed by atoms with Gasteiger partial charge in [-0.3, -0.25) is 9.69 Å². The summed E-state index contributed by atoms with van der Waals surface area (Å²) in [7, 11) is 1.66. The van der Waals surface area contributed by atoms with Crippen LogP contribution in [-0.4, -0.2) is 49.0 Å². The Hall–Kier alpha value is -3.57. The van der Waals surface area contributed by atoms with Gasteiger partial charge in [-0.1, -0.05) is 53.6 Å². The summed E-state index contributed by atoms with van der Waals surface area (Å²) in [5.41, 5.74) is 5.68. The molecule has 0 spiro atoms. The lowest BCUT2D eigenvalue weighted by atomic mass is 10.1. The summed E-state index contributed by atoms with van der Waals surface area (Å²) >= 11 is 0. The number of piperazine rings is 1. The fraction of sp³-hybridized carbons (Fsp3) is 0.300. The second-order valence-electron chi connectivity index (χ2n) is 9.10. The standard InChI is InChI=1S/C30H34N2O3/c1-23-7-11-28(12-8-23)35-22-27-20-25(9-13-29(27)34-3)10-14-30(33)32-17-15-31(16-18-32)21-26-6-4-5-24(2)19-26/h4-14,19-20H,15-18,21-22H2,1-3H3/b14-10+. The average molecular weight is 471 g/mol. The molecule has 182 valence electrons. The molecule has 1 aliphatic rings. The van der Waals surface area contributed by atoms with Crippen molar-refractivity contribution >= 4 is 12.0 Å². The SMILES string of the molecule is COc1ccc(/C=C/C(=O)N2CCN(Cc3cccc(C)c3)CC2)cc1COc1ccc(C)cc1. The molecule has 0 N–H and O–H groups in total. The van der Waals surface area contributed by atoms with Gasteiger partial charge in [0.05, 0.1) is 7.11 Å². The maximum atomic E-state index is 12.8. The number of amides is 1. The van der Waals surface area contributed by atoms with Gasteiger partial charge in [-0.05, 0) is 55.3 Å². The van der Waals surface area contributed by atoms with Crippen LogP contribution in [0.4, 0.5) is 0 Å². The Morgan fingerprint density at radius 2 is 1.69 bits per heavy atom. The molecule has 0 bridgehead atoms. The minimum Gasteiger partial charge on any atom is -0.496 e. The third kappa shape index (κ3) is 6.96. The van der Waals surface area contributed by atoms with Crippen molar-refractivity contribution < 1.29 is 14.3 Å². The Bertz CT molecular complexity index is 1160. The van der Waals surface area contributed by atoms with Gasteiger partial charge in [-0.2, -0.15) is 0 Å². The largest absolute Gasteiger partial charge is 0.496 e. The van der Waals surface area contributed by atoms with E-state index in [-0.39, 0.29) is 5.91 Å². The Morgan fingerprint density at radius 1 is 0.914 bits per heavy atom. The van der Waals surface area contributed by atoms with Gasteiger partial charge in [0.25, 0.3) is 0 Å². The molecule has 0 atom stereocenters. The van der Waals surface area contributed by atoms with Crippen LogP contribution in [-0.2, 0) is 17.9 Å². The molecule has 5 heteroatoms. The smallest absolute Gasteiger partial charge is 0.246 e. The van der Waals surface area contributed by atoms with Crippen molar-refractivity contribution in [1.29, 1.82) is 0 Å². The minimum atomic E-state index is 0.0495. The third-order valence-corrected chi connectivity index (χ3v) is 6.31. The molecule has 3 aromatic rings. The first-order chi connectivity index (χ1) is 17.0. The van der Waals surface area contributed by atoms with Gasteiger partial charge in [0.2, 0.25) is 5.91 Å². The van der Waals surface area contributed by atoms with Gasteiger partial charge in [-0.15, -0.1) is 0 Å². The van der Waals surface area contributed by atoms with Crippen molar-refractivity contribution in [2.45, 2.75) is 27.0 Å². The van der Waals surface area contributed by atoms with Gasteiger partial charge in [0.15, 0.2) is 0 Å². The number of hydrogen-bond acceptors (Lipinski definition) is 4. The summed E-state index contributed by atoms with van der Waals surface area (Å²) in [6.07, 6.45) is 3.54. The van der Waals surface area contributed by atoms with Crippen LogP contribution in [0.2, 0.25) is 0 Å². The lowest BCUT2D eigenvalue weighted by Crippen LogP contribution is -2.47. The van der Waals surface area contributed by atoms with Gasteiger partial charge in [-0.25, -0.2) is 0 Å². The Labute approximate surface area is 208 Å². The first kappa shape index (κ1) is 24.6. The second-order valence-corrected chi connectivity index (χ2v) is 9.10. The van der Waals surface area contributed by atoms with E-state index in [1.165, 1.54) is 16.7 Å². The van der Waals surface area contributed by atoms with Gasteiger partial charge in [0.1, 0.15) is 18.1 Å². The number of hydrogen-bond donors (Lipinski definition) is 0. The number of nitrogens with zero attached hydrogens (tertiary/aromatic N) is 2. The topological polar surface area (TPSA) is 42.0 Å². The molecule has 1 saturated heterocycles. The zero-order valence-corrected chi connectivity index (χ0v) is 20.9. The van der Waals surface area contributed by atoms with Crippen molar-refractivity contribution in [3.8, 4) is 11.5 Å². The predicted molar refractivity (Wildman–Crippen MR) is 141 cm³/mol. The van der Waals surface area contributed by atoms with E-state index >= 15 is 0 Å². The molecule has 5 nitrogen and oxygen atoms in total. The number of ether oxygens (including phenoxy) is 2. The Kier molecular flexibility index (Phi) is 8.22. The predicted octanol–water partition coefficient (Wildman–Crippen LogP) is 5.25. The van der Waals surface area contributed by atoms with Crippen LogP contribution in [0.5, 0.6) is 11.5 Å². The molecule has 0 radical (unpaired) electrons. The van der Waals surface area contributed by atoms with E-state index in [0.29, 0.717) is 6.61 Å². The fourth-order valence-electron chi connectivity index (χ4n) is 4.28. The maximum absolute atomic E-state index is 12.8. The van der Waals surface area contributed by atoms with Crippen molar-refractivity contribution in [2.24, 2.45) is 0 Å². The van der Waals surface area contributed by atoms with Gasteiger partial charge >= 0.3 is 0 Å². The zero-order valence-electron chi connectivity index (χ0n) is 20.9. The van der Waals surface area contributed by atoms with E-state index in [9.17, 15) is 4.79 Å². The van der Waals surface area contributed by atoms with Crippen molar-refractivity contribution in [3.63, 3.8) is 0 Å². The number of rotatable bonds is 8. The van der Waals surface area contributed by atoms with E-state index in [4.69, 9.17) is 9.47 Å². The summed E-state index contributed by atoms with van der Waals surface area (Å²) < 4.78 is 11.4. The van der Waals surface area contributed by atoms with Crippen LogP contribution in [0.25, 0.3) is 6.08 Å². The number of methoxy groups -OCH3 is 1. The molecule has 0 aliphatic carbocycles. The van der Waals surface area contributed by atoms with Crippen LogP contribution in [0.3, 0.4) is 0 Å². The summed E-state index contributed by atoms with van der Waals surface area (Å²) in [6.45, 7) is 8.75. The van der Waals surface area contributed by atoms with E-state index in [2.05, 4.69) is 43.0 Å². The van der Waals surface area contributed by atoms with Crippen molar-refractivity contribution in [2.75, 3.05) is 33.3 Å². The molecule has 1 heterocycles. The van der Waals surface area contributed by atoms with Crippen LogP contribution < -0.4 is 9.47 Å². The first-order valence-electron chi connectivity index (χ1n) is 12.1. The summed E-state index contributed by atoms with van der Waals surface area (Å²) in [6, 6.07) is 22.5. The van der Waals surface area contributed by atoms with Crippen LogP contribution in [0, 0.1) is 13.8 Å². The van der Waals surface area contributed by atoms with Crippen LogP contribution in [0.1, 0.15) is 27.8 Å². The molecular weight excluding hydrogens is 436 g/mol. The minimum absolute atomic E-state index is 0.0495. The highest BCUT2D eigenvalue weighted by molar-refractivity contribution is 5.91. The zero-order chi connectivity index (χ0) is 24.6. The van der Waals surface area contributed by atoms with Gasteiger partial charge in [0, 0.05) is 44.4 Å². The number of carbonyl (C=O) groups excluding carboxylic acids is 1. The van der Waals surface area contributed by atoms with E-state index in [1.54, 1.807) is 13.2 Å². The fourth-order valence-corrected chi connectivity index (χ4v) is 4.28. The Morgan fingerprint density at radius 3 is 2.40 bits per heavy atom. The van der Waals surface area contributed by atoms with E-state index in [1.807, 2.05) is 53.4 Å². The summed E-state index contributed by atoms with van der Waals surface area (Å²) in [5.74, 6) is 1.63. The highest BCUT2D eigenvalue weighted by Gasteiger charge is 2.19. The molecule has 1 fully saturated rings. The summed E-state index contributed by atoms with van der Waals surface area (Å²) in [5, 5.41) is 0. The molecule has 3 aromatic carbocycles. The average Bonchev–Trinajstić information content (AvgIpc) is 2.87. The van der Waals surface area contributed by atoms with Gasteiger partial charge < -0.3 is 14.4 Å². The monoisotopic (exact) mass is 470 g/mol. The second kappa shape index (κ2) is 11.7. The highest BCUT2D eigenvalue weighted by Crippen LogP contribution is 2.23. The van der Waals surface area contributed by atoms with E-state index < -0.39 is 0 Å². The number of benzene rings is 3. The molecule has 35 heavy (non-hydrogen) atoms. The number of carbonyl (C=O) groups is 1. The molecular formula is C30H34N2O3. The lowest BCUT2D eigenvalue weighted by molar-refractivity contribution is -0.127. The molecule has 1 amide bonds. The quantitative estimate of drug-likeness (QED) is 0.422. The van der Waals surface area contributed by atoms with Crippen LogP contribution in [0.15, 0.2) is 72.8 Å². The lowest BCUT2D eigenvalue weighted by Gasteiger charge is -2.34. The molecule has 0 saturated carbocycles. The first-order valence-corrected chi connectivity index (χ1v) is 12.1. The maximum Gasteiger partial charge on any atom is 0.246 e. The highest BCUT2D eigenvalue weighted by atomic mass is 16.5. The van der Waals surface area contributed by atoms with E-state index in [0.717, 1.165) is 55.3 Å². The Balaban J connectivity index is 1.32. The van der Waals surface area contributed by atoms with Crippen LogP contribution >= 0.6 is 0 Å². The summed E-state index contributed by atoms with van der Waals surface area (Å²) in [4.78, 5) is 17.1.